The molecule has 0 aliphatic carbocycles. The Morgan fingerprint density at radius 3 is 2.38 bits per heavy atom. The fourth-order valence-corrected chi connectivity index (χ4v) is 5.53. The number of benzene rings is 2. The number of aryl methyl sites for hydroxylation is 2. The minimum atomic E-state index is -4.61. The monoisotopic (exact) mass is 489 g/mol. The molecular formula is C25H26F3N3O2S. The summed E-state index contributed by atoms with van der Waals surface area (Å²) in [4.78, 5) is 3.89. The van der Waals surface area contributed by atoms with Crippen LogP contribution in [-0.4, -0.2) is 13.4 Å². The third-order valence-electron chi connectivity index (χ3n) is 6.12. The fourth-order valence-electron chi connectivity index (χ4n) is 4.01. The highest BCUT2D eigenvalue weighted by molar-refractivity contribution is 7.92. The van der Waals surface area contributed by atoms with Crippen LogP contribution in [0.25, 0.3) is 0 Å². The number of halogens is 3. The number of hydrogen-bond donors (Lipinski definition) is 1. The van der Waals surface area contributed by atoms with Crippen molar-refractivity contribution in [3.05, 3.63) is 76.5 Å². The van der Waals surface area contributed by atoms with Gasteiger partial charge < -0.3 is 5.32 Å². The molecule has 180 valence electrons. The first-order chi connectivity index (χ1) is 16.0. The highest BCUT2D eigenvalue weighted by Gasteiger charge is 2.36. The molecule has 0 fully saturated rings. The number of fused-ring (bicyclic) bond motifs is 2. The molecule has 0 unspecified atom stereocenters. The van der Waals surface area contributed by atoms with Gasteiger partial charge in [-0.15, -0.1) is 0 Å². The molecule has 0 saturated carbocycles. The van der Waals surface area contributed by atoms with E-state index in [0.29, 0.717) is 16.9 Å². The lowest BCUT2D eigenvalue weighted by Gasteiger charge is -2.27. The summed E-state index contributed by atoms with van der Waals surface area (Å²) in [5.41, 5.74) is 2.74. The van der Waals surface area contributed by atoms with Gasteiger partial charge in [0, 0.05) is 5.56 Å². The Balaban J connectivity index is 1.84. The van der Waals surface area contributed by atoms with Crippen LogP contribution in [0.4, 0.5) is 30.4 Å². The summed E-state index contributed by atoms with van der Waals surface area (Å²) in [5, 5.41) is 2.95. The van der Waals surface area contributed by atoms with Crippen LogP contribution in [0.1, 0.15) is 47.7 Å². The molecule has 2 aromatic carbocycles. The molecule has 9 heteroatoms. The Kier molecular flexibility index (Phi) is 6.33. The minimum absolute atomic E-state index is 0.00746. The number of nitrogens with one attached hydrogen (secondary N) is 1. The van der Waals surface area contributed by atoms with Crippen LogP contribution in [0.15, 0.2) is 53.4 Å². The van der Waals surface area contributed by atoms with Gasteiger partial charge in [-0.25, -0.2) is 13.4 Å². The fraction of sp³-hybridized carbons (Fsp3) is 0.320. The average Bonchev–Trinajstić information content (AvgIpc) is 2.97. The summed E-state index contributed by atoms with van der Waals surface area (Å²) in [6.45, 7) is 5.61. The van der Waals surface area contributed by atoms with Gasteiger partial charge in [-0.05, 0) is 67.6 Å². The molecular weight excluding hydrogens is 463 g/mol. The number of pyridine rings is 1. The Morgan fingerprint density at radius 2 is 1.74 bits per heavy atom. The summed E-state index contributed by atoms with van der Waals surface area (Å²) in [5.74, 6) is -0.00746. The van der Waals surface area contributed by atoms with Crippen LogP contribution < -0.4 is 9.62 Å². The largest absolute Gasteiger partial charge is 0.433 e. The molecule has 4 rings (SSSR count). The SMILES string of the molecule is CCCCc1ccc(S(=O)(=O)N2Cc3ccc(C(F)(F)F)nc3Nc3ccc(C)c(C)c32)cc1. The standard InChI is InChI=1S/C25H26F3N3O2S/c1-4-5-6-18-8-11-20(12-9-18)34(32,33)31-15-19-10-14-22(25(26,27)28)30-24(19)29-21-13-7-16(2)17(3)23(21)31/h7-14H,4-6,15H2,1-3H3,(H,29,30). The Hall–Kier alpha value is -3.07. The average molecular weight is 490 g/mol. The first-order valence-electron chi connectivity index (χ1n) is 11.1. The molecule has 1 aromatic heterocycles. The number of rotatable bonds is 5. The van der Waals surface area contributed by atoms with Crippen molar-refractivity contribution in [2.24, 2.45) is 0 Å². The highest BCUT2D eigenvalue weighted by atomic mass is 32.2. The zero-order valence-corrected chi connectivity index (χ0v) is 20.0. The van der Waals surface area contributed by atoms with Crippen LogP contribution >= 0.6 is 0 Å². The molecule has 1 N–H and O–H groups in total. The Morgan fingerprint density at radius 1 is 1.03 bits per heavy atom. The second kappa shape index (κ2) is 8.94. The lowest BCUT2D eigenvalue weighted by atomic mass is 10.1. The molecule has 5 nitrogen and oxygen atoms in total. The Bertz CT molecular complexity index is 1320. The smallest absolute Gasteiger partial charge is 0.338 e. The van der Waals surface area contributed by atoms with Gasteiger partial charge in [0.15, 0.2) is 0 Å². The molecule has 0 bridgehead atoms. The van der Waals surface area contributed by atoms with Gasteiger partial charge in [0.2, 0.25) is 0 Å². The first kappa shape index (κ1) is 24.1. The van der Waals surface area contributed by atoms with Crippen LogP contribution in [-0.2, 0) is 29.2 Å². The van der Waals surface area contributed by atoms with Crippen molar-refractivity contribution in [1.29, 1.82) is 0 Å². The maximum absolute atomic E-state index is 13.8. The van der Waals surface area contributed by atoms with E-state index < -0.39 is 21.9 Å². The van der Waals surface area contributed by atoms with E-state index in [4.69, 9.17) is 0 Å². The van der Waals surface area contributed by atoms with E-state index in [9.17, 15) is 21.6 Å². The van der Waals surface area contributed by atoms with Crippen LogP contribution in [0, 0.1) is 13.8 Å². The van der Waals surface area contributed by atoms with Crippen molar-refractivity contribution in [2.75, 3.05) is 9.62 Å². The molecule has 34 heavy (non-hydrogen) atoms. The molecule has 3 aromatic rings. The van der Waals surface area contributed by atoms with Gasteiger partial charge in [-0.2, -0.15) is 13.2 Å². The lowest BCUT2D eigenvalue weighted by molar-refractivity contribution is -0.141. The van der Waals surface area contributed by atoms with Crippen molar-refractivity contribution in [3.8, 4) is 0 Å². The van der Waals surface area contributed by atoms with Gasteiger partial charge in [-0.1, -0.05) is 37.6 Å². The molecule has 1 aliphatic rings. The predicted molar refractivity (Wildman–Crippen MR) is 127 cm³/mol. The second-order valence-electron chi connectivity index (χ2n) is 8.49. The molecule has 0 atom stereocenters. The molecule has 1 aliphatic heterocycles. The quantitative estimate of drug-likeness (QED) is 0.444. The van der Waals surface area contributed by atoms with E-state index in [2.05, 4.69) is 17.2 Å². The third kappa shape index (κ3) is 4.49. The highest BCUT2D eigenvalue weighted by Crippen LogP contribution is 2.42. The zero-order valence-electron chi connectivity index (χ0n) is 19.2. The zero-order chi connectivity index (χ0) is 24.7. The second-order valence-corrected chi connectivity index (χ2v) is 10.4. The van der Waals surface area contributed by atoms with Crippen molar-refractivity contribution in [3.63, 3.8) is 0 Å². The molecule has 0 amide bonds. The van der Waals surface area contributed by atoms with Crippen molar-refractivity contribution >= 4 is 27.2 Å². The lowest BCUT2D eigenvalue weighted by Crippen LogP contribution is -2.31. The first-order valence-corrected chi connectivity index (χ1v) is 12.5. The normalized spacial score (nSPS) is 13.6. The van der Waals surface area contributed by atoms with E-state index in [1.54, 1.807) is 31.2 Å². The van der Waals surface area contributed by atoms with Crippen molar-refractivity contribution in [2.45, 2.75) is 57.7 Å². The molecule has 2 heterocycles. The maximum atomic E-state index is 13.8. The van der Waals surface area contributed by atoms with E-state index in [0.717, 1.165) is 42.0 Å². The van der Waals surface area contributed by atoms with E-state index in [1.807, 2.05) is 19.1 Å². The number of unbranched alkanes of at least 4 members (excludes halogenated alkanes) is 1. The summed E-state index contributed by atoms with van der Waals surface area (Å²) in [6, 6.07) is 12.4. The summed E-state index contributed by atoms with van der Waals surface area (Å²) < 4.78 is 68.7. The third-order valence-corrected chi connectivity index (χ3v) is 7.88. The summed E-state index contributed by atoms with van der Waals surface area (Å²) in [7, 11) is -4.01. The molecule has 0 saturated heterocycles. The van der Waals surface area contributed by atoms with Crippen LogP contribution in [0.5, 0.6) is 0 Å². The number of anilines is 3. The Labute approximate surface area is 197 Å². The predicted octanol–water partition coefficient (Wildman–Crippen LogP) is 6.51. The van der Waals surface area contributed by atoms with Gasteiger partial charge in [0.25, 0.3) is 10.0 Å². The van der Waals surface area contributed by atoms with Crippen LogP contribution in [0.2, 0.25) is 0 Å². The number of alkyl halides is 3. The van der Waals surface area contributed by atoms with Gasteiger partial charge >= 0.3 is 6.18 Å². The summed E-state index contributed by atoms with van der Waals surface area (Å²) in [6.07, 6.45) is -1.69. The van der Waals surface area contributed by atoms with E-state index in [-0.39, 0.29) is 17.3 Å². The van der Waals surface area contributed by atoms with Crippen molar-refractivity contribution < 1.29 is 21.6 Å². The van der Waals surface area contributed by atoms with E-state index in [1.165, 1.54) is 10.4 Å². The number of hydrogen-bond acceptors (Lipinski definition) is 4. The minimum Gasteiger partial charge on any atom is -0.338 e. The number of sulfonamides is 1. The summed E-state index contributed by atoms with van der Waals surface area (Å²) >= 11 is 0. The number of nitrogens with zero attached hydrogens (tertiary/aromatic N) is 2. The molecule has 0 spiro atoms. The van der Waals surface area contributed by atoms with Gasteiger partial charge in [0.1, 0.15) is 11.5 Å². The topological polar surface area (TPSA) is 62.3 Å². The van der Waals surface area contributed by atoms with Crippen molar-refractivity contribution in [1.82, 2.24) is 4.98 Å². The van der Waals surface area contributed by atoms with Crippen LogP contribution in [0.3, 0.4) is 0 Å². The maximum Gasteiger partial charge on any atom is 0.433 e. The van der Waals surface area contributed by atoms with Gasteiger partial charge in [-0.3, -0.25) is 4.31 Å². The van der Waals surface area contributed by atoms with E-state index >= 15 is 0 Å². The number of aromatic nitrogens is 1. The van der Waals surface area contributed by atoms with Gasteiger partial charge in [0.05, 0.1) is 22.8 Å². The molecule has 0 radical (unpaired) electrons.